The summed E-state index contributed by atoms with van der Waals surface area (Å²) in [6, 6.07) is 10.6. The van der Waals surface area contributed by atoms with Crippen molar-refractivity contribution in [3.05, 3.63) is 42.1 Å². The first-order chi connectivity index (χ1) is 9.24. The molecular weight excluding hydrogens is 256 g/mol. The Bertz CT molecular complexity index is 564. The summed E-state index contributed by atoms with van der Waals surface area (Å²) in [4.78, 5) is 7.02. The lowest BCUT2D eigenvalue weighted by Crippen LogP contribution is -2.39. The maximum Gasteiger partial charge on any atom is 0.0746 e. The lowest BCUT2D eigenvalue weighted by atomic mass is 9.98. The third kappa shape index (κ3) is 2.75. The number of alkyl halides is 1. The number of rotatable bonds is 2. The van der Waals surface area contributed by atoms with Crippen LogP contribution in [0.1, 0.15) is 18.9 Å². The largest absolute Gasteiger partial charge is 0.299 e. The number of benzene rings is 1. The maximum absolute atomic E-state index is 6.29. The van der Waals surface area contributed by atoms with Crippen LogP contribution in [0.15, 0.2) is 36.5 Å². The quantitative estimate of drug-likeness (QED) is 0.777. The second-order valence-corrected chi connectivity index (χ2v) is 6.07. The Morgan fingerprint density at radius 1 is 1.32 bits per heavy atom. The highest BCUT2D eigenvalue weighted by Crippen LogP contribution is 2.24. The second kappa shape index (κ2) is 5.48. The average molecular weight is 275 g/mol. The average Bonchev–Trinajstić information content (AvgIpc) is 2.43. The molecule has 0 amide bonds. The van der Waals surface area contributed by atoms with Crippen molar-refractivity contribution in [1.29, 1.82) is 0 Å². The number of fused-ring (bicyclic) bond motifs is 1. The van der Waals surface area contributed by atoms with E-state index in [0.717, 1.165) is 31.6 Å². The van der Waals surface area contributed by atoms with Crippen LogP contribution in [0.4, 0.5) is 0 Å². The van der Waals surface area contributed by atoms with Gasteiger partial charge in [0.2, 0.25) is 0 Å². The summed E-state index contributed by atoms with van der Waals surface area (Å²) in [5, 5.41) is 1.56. The lowest BCUT2D eigenvalue weighted by molar-refractivity contribution is 0.180. The normalized spacial score (nSPS) is 24.7. The molecule has 1 fully saturated rings. The number of para-hydroxylation sites is 1. The summed E-state index contributed by atoms with van der Waals surface area (Å²) in [7, 11) is 0. The third-order valence-electron chi connectivity index (χ3n) is 3.99. The van der Waals surface area contributed by atoms with E-state index in [0.29, 0.717) is 11.3 Å². The van der Waals surface area contributed by atoms with Crippen LogP contribution in [0.5, 0.6) is 0 Å². The number of aromatic nitrogens is 1. The van der Waals surface area contributed by atoms with Gasteiger partial charge in [0.1, 0.15) is 0 Å². The fourth-order valence-electron chi connectivity index (χ4n) is 2.88. The molecule has 1 aromatic heterocycles. The zero-order valence-electron chi connectivity index (χ0n) is 11.2. The van der Waals surface area contributed by atoms with Gasteiger partial charge in [0, 0.05) is 30.0 Å². The molecule has 0 bridgehead atoms. The van der Waals surface area contributed by atoms with Crippen molar-refractivity contribution in [2.45, 2.75) is 25.3 Å². The first kappa shape index (κ1) is 12.9. The molecule has 0 saturated carbocycles. The molecule has 0 N–H and O–H groups in total. The SMILES string of the molecule is CC1CN(Cc2cccc3cccnc23)CCC1Cl. The number of piperidine rings is 1. The van der Waals surface area contributed by atoms with Crippen LogP contribution in [0.25, 0.3) is 10.9 Å². The van der Waals surface area contributed by atoms with Gasteiger partial charge in [-0.2, -0.15) is 0 Å². The molecule has 0 aliphatic carbocycles. The van der Waals surface area contributed by atoms with Gasteiger partial charge in [0.25, 0.3) is 0 Å². The van der Waals surface area contributed by atoms with Gasteiger partial charge in [0.05, 0.1) is 5.52 Å². The van der Waals surface area contributed by atoms with Crippen LogP contribution in [0, 0.1) is 5.92 Å². The van der Waals surface area contributed by atoms with E-state index in [1.54, 1.807) is 0 Å². The molecule has 1 saturated heterocycles. The standard InChI is InChI=1S/C16H19ClN2/c1-12-10-19(9-7-15(12)17)11-14-5-2-4-13-6-3-8-18-16(13)14/h2-6,8,12,15H,7,9-11H2,1H3. The molecule has 2 nitrogen and oxygen atoms in total. The van der Waals surface area contributed by atoms with Crippen LogP contribution in [0.3, 0.4) is 0 Å². The molecule has 0 spiro atoms. The molecule has 3 heteroatoms. The molecule has 1 aromatic carbocycles. The molecule has 100 valence electrons. The van der Waals surface area contributed by atoms with E-state index < -0.39 is 0 Å². The molecule has 0 radical (unpaired) electrons. The van der Waals surface area contributed by atoms with Crippen molar-refractivity contribution in [3.63, 3.8) is 0 Å². The molecular formula is C16H19ClN2. The summed E-state index contributed by atoms with van der Waals surface area (Å²) >= 11 is 6.29. The van der Waals surface area contributed by atoms with Gasteiger partial charge in [0.15, 0.2) is 0 Å². The number of hydrogen-bond acceptors (Lipinski definition) is 2. The third-order valence-corrected chi connectivity index (χ3v) is 4.64. The number of pyridine rings is 1. The van der Waals surface area contributed by atoms with Crippen molar-refractivity contribution in [2.75, 3.05) is 13.1 Å². The van der Waals surface area contributed by atoms with E-state index in [4.69, 9.17) is 11.6 Å². The van der Waals surface area contributed by atoms with Crippen LogP contribution in [-0.4, -0.2) is 28.4 Å². The molecule has 1 aliphatic rings. The van der Waals surface area contributed by atoms with Gasteiger partial charge < -0.3 is 0 Å². The summed E-state index contributed by atoms with van der Waals surface area (Å²) in [5.74, 6) is 0.568. The van der Waals surface area contributed by atoms with Gasteiger partial charge in [-0.1, -0.05) is 31.2 Å². The molecule has 2 unspecified atom stereocenters. The lowest BCUT2D eigenvalue weighted by Gasteiger charge is -2.34. The number of likely N-dealkylation sites (tertiary alicyclic amines) is 1. The van der Waals surface area contributed by atoms with Crippen LogP contribution < -0.4 is 0 Å². The van der Waals surface area contributed by atoms with E-state index in [2.05, 4.69) is 41.1 Å². The monoisotopic (exact) mass is 274 g/mol. The Labute approximate surface area is 119 Å². The van der Waals surface area contributed by atoms with Crippen molar-refractivity contribution in [2.24, 2.45) is 5.92 Å². The van der Waals surface area contributed by atoms with E-state index in [1.165, 1.54) is 10.9 Å². The summed E-state index contributed by atoms with van der Waals surface area (Å²) in [6.45, 7) is 5.38. The highest BCUT2D eigenvalue weighted by Gasteiger charge is 2.24. The topological polar surface area (TPSA) is 16.1 Å². The minimum Gasteiger partial charge on any atom is -0.299 e. The van der Waals surface area contributed by atoms with Gasteiger partial charge >= 0.3 is 0 Å². The summed E-state index contributed by atoms with van der Waals surface area (Å²) < 4.78 is 0. The first-order valence-electron chi connectivity index (χ1n) is 6.93. The van der Waals surface area contributed by atoms with E-state index in [-0.39, 0.29) is 0 Å². The number of nitrogens with zero attached hydrogens (tertiary/aromatic N) is 2. The van der Waals surface area contributed by atoms with Crippen LogP contribution in [0.2, 0.25) is 0 Å². The molecule has 1 aliphatic heterocycles. The molecule has 2 heterocycles. The Morgan fingerprint density at radius 2 is 2.16 bits per heavy atom. The smallest absolute Gasteiger partial charge is 0.0746 e. The highest BCUT2D eigenvalue weighted by molar-refractivity contribution is 6.20. The first-order valence-corrected chi connectivity index (χ1v) is 7.37. The molecule has 2 aromatic rings. The predicted molar refractivity (Wildman–Crippen MR) is 80.4 cm³/mol. The zero-order valence-corrected chi connectivity index (χ0v) is 12.0. The highest BCUT2D eigenvalue weighted by atomic mass is 35.5. The fourth-order valence-corrected chi connectivity index (χ4v) is 3.06. The maximum atomic E-state index is 6.29. The summed E-state index contributed by atoms with van der Waals surface area (Å²) in [5.41, 5.74) is 2.45. The molecule has 19 heavy (non-hydrogen) atoms. The number of halogens is 1. The van der Waals surface area contributed by atoms with Crippen molar-refractivity contribution in [1.82, 2.24) is 9.88 Å². The molecule has 2 atom stereocenters. The zero-order chi connectivity index (χ0) is 13.2. The fraction of sp³-hybridized carbons (Fsp3) is 0.438. The Balaban J connectivity index is 1.82. The van der Waals surface area contributed by atoms with Crippen molar-refractivity contribution in [3.8, 4) is 0 Å². The van der Waals surface area contributed by atoms with Crippen molar-refractivity contribution < 1.29 is 0 Å². The molecule has 3 rings (SSSR count). The van der Waals surface area contributed by atoms with E-state index in [9.17, 15) is 0 Å². The van der Waals surface area contributed by atoms with Crippen molar-refractivity contribution >= 4 is 22.5 Å². The van der Waals surface area contributed by atoms with E-state index in [1.807, 2.05) is 12.3 Å². The van der Waals surface area contributed by atoms with Gasteiger partial charge in [-0.15, -0.1) is 11.6 Å². The van der Waals surface area contributed by atoms with Gasteiger partial charge in [-0.3, -0.25) is 9.88 Å². The van der Waals surface area contributed by atoms with Crippen LogP contribution in [-0.2, 0) is 6.54 Å². The van der Waals surface area contributed by atoms with Gasteiger partial charge in [-0.25, -0.2) is 0 Å². The van der Waals surface area contributed by atoms with Gasteiger partial charge in [-0.05, 0) is 30.5 Å². The minimum absolute atomic E-state index is 0.335. The number of hydrogen-bond donors (Lipinski definition) is 0. The Hall–Kier alpha value is -1.12. The predicted octanol–water partition coefficient (Wildman–Crippen LogP) is 3.68. The Kier molecular flexibility index (Phi) is 3.72. The minimum atomic E-state index is 0.335. The Morgan fingerprint density at radius 3 is 3.00 bits per heavy atom. The van der Waals surface area contributed by atoms with Crippen LogP contribution >= 0.6 is 11.6 Å². The van der Waals surface area contributed by atoms with E-state index >= 15 is 0 Å². The second-order valence-electron chi connectivity index (χ2n) is 5.51. The summed E-state index contributed by atoms with van der Waals surface area (Å²) in [6.07, 6.45) is 2.96.